The second-order valence-electron chi connectivity index (χ2n) is 12.8. The Morgan fingerprint density at radius 2 is 1.73 bits per heavy atom. The molecule has 1 atom stereocenters. The van der Waals surface area contributed by atoms with E-state index in [-0.39, 0.29) is 13.3 Å². The van der Waals surface area contributed by atoms with Gasteiger partial charge < -0.3 is 19.2 Å². The highest BCUT2D eigenvalue weighted by Gasteiger charge is 2.32. The van der Waals surface area contributed by atoms with Gasteiger partial charge in [-0.25, -0.2) is 4.98 Å². The number of nitrogens with zero attached hydrogens (tertiary/aromatic N) is 5. The van der Waals surface area contributed by atoms with Gasteiger partial charge in [0.05, 0.1) is 33.0 Å². The summed E-state index contributed by atoms with van der Waals surface area (Å²) in [5, 5.41) is 0. The number of hydrogen-bond acceptors (Lipinski definition) is 6. The molecule has 0 N–H and O–H groups in total. The molecule has 0 spiro atoms. The Morgan fingerprint density at radius 1 is 0.980 bits per heavy atom. The molecule has 7 nitrogen and oxygen atoms in total. The quantitative estimate of drug-likeness (QED) is 0.0929. The van der Waals surface area contributed by atoms with Gasteiger partial charge in [0.1, 0.15) is 6.29 Å². The number of fused-ring (bicyclic) bond motifs is 1. The Morgan fingerprint density at radius 3 is 2.33 bits per heavy atom. The molecule has 2 aliphatic rings. The first kappa shape index (κ1) is 43.3. The van der Waals surface area contributed by atoms with Gasteiger partial charge >= 0.3 is 0 Å². The Hall–Kier alpha value is -3.88. The maximum Gasteiger partial charge on any atom is 0.237 e. The number of likely N-dealkylation sites (tertiary alicyclic amines) is 2. The van der Waals surface area contributed by atoms with Crippen LogP contribution in [0.25, 0.3) is 20.8 Å². The summed E-state index contributed by atoms with van der Waals surface area (Å²) in [7, 11) is 0. The van der Waals surface area contributed by atoms with Crippen LogP contribution in [0, 0.1) is 26.7 Å². The third kappa shape index (κ3) is 12.7. The van der Waals surface area contributed by atoms with Crippen LogP contribution in [0.1, 0.15) is 96.4 Å². The molecule has 1 aromatic carbocycles. The van der Waals surface area contributed by atoms with Crippen molar-refractivity contribution >= 4 is 33.7 Å². The van der Waals surface area contributed by atoms with Gasteiger partial charge in [0.15, 0.2) is 0 Å². The Labute approximate surface area is 312 Å². The van der Waals surface area contributed by atoms with Crippen LogP contribution in [0.2, 0.25) is 0 Å². The number of carbonyl (C=O) groups excluding carboxylic acids is 2. The summed E-state index contributed by atoms with van der Waals surface area (Å²) in [6.45, 7) is 21.9. The molecule has 2 fully saturated rings. The number of rotatable bonds is 10. The standard InChI is InChI=1S/C20H26N4S.C11H15NO2.C9H12.C2H6.CH4/c1-2-6-16-7-8-21-17-13-19(25-20(16)17)18-14-24(15-22-18)12-5-11-23-9-3-4-10-23;1-3-5-10(4-2)12-7-6-9(8-13)11(12)14;1-7-4-5-8(2)9(3)6-7;1-2;/h7-8,13-15H,2-6,9-12H2,1H3;3-5,8-9H,6-7H2,1-2H3;4-6H,1-3H3;1-2H3;1H4/b;5-3-,10-4+;;;. The number of imidazole rings is 1. The molecule has 5 heterocycles. The van der Waals surface area contributed by atoms with Crippen LogP contribution in [0.5, 0.6) is 0 Å². The van der Waals surface area contributed by atoms with Crippen molar-refractivity contribution in [3.05, 3.63) is 95.2 Å². The zero-order chi connectivity index (χ0) is 36.5. The van der Waals surface area contributed by atoms with Gasteiger partial charge in [-0.1, -0.05) is 70.5 Å². The van der Waals surface area contributed by atoms with Crippen LogP contribution < -0.4 is 0 Å². The molecule has 278 valence electrons. The highest BCUT2D eigenvalue weighted by molar-refractivity contribution is 7.22. The fourth-order valence-corrected chi connectivity index (χ4v) is 7.28. The van der Waals surface area contributed by atoms with Gasteiger partial charge in [0.2, 0.25) is 5.91 Å². The third-order valence-electron chi connectivity index (χ3n) is 9.01. The SMILES string of the molecule is C.C/C=C\C(=C/C)N1CCC(C=O)C1=O.CC.CCCc1ccnc2cc(-c3cn(CCCN4CCCC4)cn3)sc12.Cc1ccc(C)c(C)c1. The van der Waals surface area contributed by atoms with Crippen LogP contribution in [-0.4, -0.2) is 62.7 Å². The summed E-state index contributed by atoms with van der Waals surface area (Å²) in [5.41, 5.74) is 8.57. The van der Waals surface area contributed by atoms with E-state index in [1.165, 1.54) is 70.7 Å². The van der Waals surface area contributed by atoms with E-state index in [1.54, 1.807) is 4.90 Å². The van der Waals surface area contributed by atoms with Crippen LogP contribution >= 0.6 is 11.3 Å². The molecule has 1 unspecified atom stereocenters. The summed E-state index contributed by atoms with van der Waals surface area (Å²) in [4.78, 5) is 36.8. The number of amides is 1. The predicted molar refractivity (Wildman–Crippen MR) is 218 cm³/mol. The van der Waals surface area contributed by atoms with Crippen LogP contribution in [0.3, 0.4) is 0 Å². The number of hydrogen-bond donors (Lipinski definition) is 0. The fourth-order valence-electron chi connectivity index (χ4n) is 6.16. The molecule has 0 radical (unpaired) electrons. The summed E-state index contributed by atoms with van der Waals surface area (Å²) in [5.74, 6) is -0.513. The first-order chi connectivity index (χ1) is 24.3. The summed E-state index contributed by atoms with van der Waals surface area (Å²) in [6.07, 6.45) is 19.3. The number of benzene rings is 1. The molecular formula is C43H63N5O2S. The normalized spacial score (nSPS) is 15.8. The number of carbonyl (C=O) groups is 2. The van der Waals surface area contributed by atoms with E-state index >= 15 is 0 Å². The van der Waals surface area contributed by atoms with Gasteiger partial charge in [-0.3, -0.25) is 9.78 Å². The molecule has 6 rings (SSSR count). The lowest BCUT2D eigenvalue weighted by molar-refractivity contribution is -0.131. The van der Waals surface area contributed by atoms with Crippen molar-refractivity contribution < 1.29 is 9.59 Å². The molecule has 0 saturated carbocycles. The highest BCUT2D eigenvalue weighted by atomic mass is 32.1. The van der Waals surface area contributed by atoms with Crippen molar-refractivity contribution in [2.24, 2.45) is 5.92 Å². The number of aryl methyl sites for hydroxylation is 5. The molecule has 51 heavy (non-hydrogen) atoms. The second-order valence-corrected chi connectivity index (χ2v) is 13.8. The van der Waals surface area contributed by atoms with Gasteiger partial charge in [-0.2, -0.15) is 0 Å². The van der Waals surface area contributed by atoms with E-state index in [2.05, 4.69) is 83.7 Å². The third-order valence-corrected chi connectivity index (χ3v) is 10.2. The fraction of sp³-hybridized carbons (Fsp3) is 0.488. The summed E-state index contributed by atoms with van der Waals surface area (Å²) < 4.78 is 3.55. The molecule has 3 aromatic heterocycles. The Kier molecular flexibility index (Phi) is 19.4. The average Bonchev–Trinajstić information content (AvgIpc) is 3.95. The van der Waals surface area contributed by atoms with Gasteiger partial charge in [0.25, 0.3) is 0 Å². The number of aldehydes is 1. The van der Waals surface area contributed by atoms with Gasteiger partial charge in [-0.05, 0) is 121 Å². The van der Waals surface area contributed by atoms with E-state index in [9.17, 15) is 9.59 Å². The number of pyridine rings is 1. The molecule has 8 heteroatoms. The van der Waals surface area contributed by atoms with E-state index in [1.807, 2.05) is 69.8 Å². The smallest absolute Gasteiger partial charge is 0.237 e. The molecule has 0 aliphatic carbocycles. The zero-order valence-corrected chi connectivity index (χ0v) is 32.6. The lowest BCUT2D eigenvalue weighted by Gasteiger charge is -2.16. The van der Waals surface area contributed by atoms with Crippen molar-refractivity contribution in [3.63, 3.8) is 0 Å². The Balaban J connectivity index is 0.000000293. The van der Waals surface area contributed by atoms with Gasteiger partial charge in [-0.15, -0.1) is 11.3 Å². The van der Waals surface area contributed by atoms with Gasteiger partial charge in [0, 0.05) is 31.2 Å². The molecule has 2 saturated heterocycles. The lowest BCUT2D eigenvalue weighted by Crippen LogP contribution is -2.26. The average molecular weight is 714 g/mol. The molecule has 2 aliphatic heterocycles. The van der Waals surface area contributed by atoms with Crippen molar-refractivity contribution in [3.8, 4) is 10.6 Å². The number of thiophene rings is 1. The largest absolute Gasteiger partial charge is 0.337 e. The maximum absolute atomic E-state index is 11.6. The van der Waals surface area contributed by atoms with E-state index in [0.29, 0.717) is 13.0 Å². The summed E-state index contributed by atoms with van der Waals surface area (Å²) >= 11 is 1.83. The van der Waals surface area contributed by atoms with Crippen molar-refractivity contribution in [1.29, 1.82) is 0 Å². The van der Waals surface area contributed by atoms with Crippen LogP contribution in [0.4, 0.5) is 0 Å². The molecule has 1 amide bonds. The molecule has 4 aromatic rings. The molecular weight excluding hydrogens is 651 g/mol. The maximum atomic E-state index is 11.6. The van der Waals surface area contributed by atoms with Crippen LogP contribution in [0.15, 0.2) is 73.0 Å². The van der Waals surface area contributed by atoms with E-state index in [0.717, 1.165) is 42.6 Å². The first-order valence-corrected chi connectivity index (χ1v) is 19.3. The number of allylic oxidation sites excluding steroid dienone is 3. The lowest BCUT2D eigenvalue weighted by atomic mass is 10.1. The monoisotopic (exact) mass is 713 g/mol. The zero-order valence-electron chi connectivity index (χ0n) is 31.7. The van der Waals surface area contributed by atoms with Crippen molar-refractivity contribution in [1.82, 2.24) is 24.3 Å². The predicted octanol–water partition coefficient (Wildman–Crippen LogP) is 10.4. The summed E-state index contributed by atoms with van der Waals surface area (Å²) in [6, 6.07) is 10.8. The second kappa shape index (κ2) is 22.8. The van der Waals surface area contributed by atoms with Crippen molar-refractivity contribution in [2.75, 3.05) is 26.2 Å². The Bertz CT molecular complexity index is 1700. The van der Waals surface area contributed by atoms with Crippen LogP contribution in [-0.2, 0) is 22.6 Å². The molecule has 0 bridgehead atoms. The van der Waals surface area contributed by atoms with E-state index in [4.69, 9.17) is 0 Å². The highest BCUT2D eigenvalue weighted by Crippen LogP contribution is 2.34. The van der Waals surface area contributed by atoms with E-state index < -0.39 is 5.92 Å². The minimum absolute atomic E-state index is 0. The van der Waals surface area contributed by atoms with Crippen molar-refractivity contribution in [2.45, 2.75) is 108 Å². The minimum Gasteiger partial charge on any atom is -0.337 e. The number of aromatic nitrogens is 3. The topological polar surface area (TPSA) is 71.3 Å². The first-order valence-electron chi connectivity index (χ1n) is 18.5. The minimum atomic E-state index is -0.435.